The molecule has 1 aromatic carbocycles. The van der Waals surface area contributed by atoms with Gasteiger partial charge in [-0.15, -0.1) is 0 Å². The van der Waals surface area contributed by atoms with Crippen LogP contribution in [0.5, 0.6) is 5.75 Å². The van der Waals surface area contributed by atoms with Crippen molar-refractivity contribution in [2.24, 2.45) is 0 Å². The van der Waals surface area contributed by atoms with Crippen LogP contribution in [0.3, 0.4) is 0 Å². The third-order valence-corrected chi connectivity index (χ3v) is 3.08. The van der Waals surface area contributed by atoms with Crippen molar-refractivity contribution in [2.45, 2.75) is 25.4 Å². The SMILES string of the molecule is Brc1cccc(OCc2nc(C3CC3)no2)c1. The first-order chi connectivity index (χ1) is 8.31. The van der Waals surface area contributed by atoms with Gasteiger partial charge in [0.2, 0.25) is 0 Å². The number of halogens is 1. The summed E-state index contributed by atoms with van der Waals surface area (Å²) in [6, 6.07) is 7.66. The van der Waals surface area contributed by atoms with Gasteiger partial charge in [-0.05, 0) is 31.0 Å². The van der Waals surface area contributed by atoms with E-state index in [0.29, 0.717) is 18.4 Å². The minimum atomic E-state index is 0.316. The average molecular weight is 295 g/mol. The number of hydrogen-bond acceptors (Lipinski definition) is 4. The molecule has 17 heavy (non-hydrogen) atoms. The minimum Gasteiger partial charge on any atom is -0.484 e. The van der Waals surface area contributed by atoms with Crippen LogP contribution in [0.2, 0.25) is 0 Å². The Hall–Kier alpha value is -1.36. The predicted molar refractivity (Wildman–Crippen MR) is 64.7 cm³/mol. The molecule has 1 fully saturated rings. The fourth-order valence-corrected chi connectivity index (χ4v) is 1.91. The highest BCUT2D eigenvalue weighted by atomic mass is 79.9. The minimum absolute atomic E-state index is 0.316. The first-order valence-corrected chi connectivity index (χ1v) is 6.31. The van der Waals surface area contributed by atoms with Crippen LogP contribution in [0, 0.1) is 0 Å². The van der Waals surface area contributed by atoms with Crippen molar-refractivity contribution < 1.29 is 9.26 Å². The summed E-state index contributed by atoms with van der Waals surface area (Å²) >= 11 is 3.39. The van der Waals surface area contributed by atoms with Crippen LogP contribution in [0.15, 0.2) is 33.3 Å². The molecule has 0 amide bonds. The lowest BCUT2D eigenvalue weighted by Gasteiger charge is -2.02. The third kappa shape index (κ3) is 2.66. The highest BCUT2D eigenvalue weighted by molar-refractivity contribution is 9.10. The van der Waals surface area contributed by atoms with Gasteiger partial charge in [-0.1, -0.05) is 27.2 Å². The Kier molecular flexibility index (Phi) is 2.84. The monoisotopic (exact) mass is 294 g/mol. The molecular formula is C12H11BrN2O2. The Morgan fingerprint density at radius 3 is 3.06 bits per heavy atom. The molecule has 0 spiro atoms. The molecule has 0 atom stereocenters. The molecule has 0 radical (unpaired) electrons. The summed E-state index contributed by atoms with van der Waals surface area (Å²) in [6.07, 6.45) is 2.34. The molecule has 0 N–H and O–H groups in total. The maximum Gasteiger partial charge on any atom is 0.264 e. The van der Waals surface area contributed by atoms with E-state index in [9.17, 15) is 0 Å². The maximum atomic E-state index is 5.56. The number of rotatable bonds is 4. The first kappa shape index (κ1) is 10.8. The van der Waals surface area contributed by atoms with Crippen LogP contribution in [0.4, 0.5) is 0 Å². The average Bonchev–Trinajstić information content (AvgIpc) is 3.07. The topological polar surface area (TPSA) is 48.2 Å². The molecule has 1 aliphatic carbocycles. The second kappa shape index (κ2) is 4.49. The number of hydrogen-bond donors (Lipinski definition) is 0. The van der Waals surface area contributed by atoms with Gasteiger partial charge < -0.3 is 9.26 Å². The van der Waals surface area contributed by atoms with Gasteiger partial charge in [0.05, 0.1) is 0 Å². The summed E-state index contributed by atoms with van der Waals surface area (Å²) in [7, 11) is 0. The van der Waals surface area contributed by atoms with Crippen molar-refractivity contribution in [3.8, 4) is 5.75 Å². The van der Waals surface area contributed by atoms with E-state index in [2.05, 4.69) is 26.1 Å². The van der Waals surface area contributed by atoms with Crippen LogP contribution in [-0.4, -0.2) is 10.1 Å². The van der Waals surface area contributed by atoms with E-state index < -0.39 is 0 Å². The van der Waals surface area contributed by atoms with E-state index in [0.717, 1.165) is 16.0 Å². The van der Waals surface area contributed by atoms with E-state index in [1.54, 1.807) is 0 Å². The van der Waals surface area contributed by atoms with Gasteiger partial charge in [-0.3, -0.25) is 0 Å². The van der Waals surface area contributed by atoms with Gasteiger partial charge in [0.1, 0.15) is 5.75 Å². The lowest BCUT2D eigenvalue weighted by Crippen LogP contribution is -1.95. The summed E-state index contributed by atoms with van der Waals surface area (Å²) in [5.74, 6) is 2.65. The highest BCUT2D eigenvalue weighted by Gasteiger charge is 2.28. The molecule has 1 saturated carbocycles. The zero-order chi connectivity index (χ0) is 11.7. The Bertz CT molecular complexity index is 523. The van der Waals surface area contributed by atoms with Gasteiger partial charge >= 0.3 is 0 Å². The predicted octanol–water partition coefficient (Wildman–Crippen LogP) is 3.29. The first-order valence-electron chi connectivity index (χ1n) is 5.52. The van der Waals surface area contributed by atoms with Crippen molar-refractivity contribution in [2.75, 3.05) is 0 Å². The molecule has 4 nitrogen and oxygen atoms in total. The molecule has 88 valence electrons. The molecule has 1 aromatic heterocycles. The molecule has 5 heteroatoms. The quantitative estimate of drug-likeness (QED) is 0.868. The number of benzene rings is 1. The molecule has 1 heterocycles. The number of aromatic nitrogens is 2. The Morgan fingerprint density at radius 1 is 1.41 bits per heavy atom. The fourth-order valence-electron chi connectivity index (χ4n) is 1.54. The highest BCUT2D eigenvalue weighted by Crippen LogP contribution is 2.38. The molecule has 0 saturated heterocycles. The number of ether oxygens (including phenoxy) is 1. The van der Waals surface area contributed by atoms with Crippen LogP contribution in [0.25, 0.3) is 0 Å². The van der Waals surface area contributed by atoms with Crippen LogP contribution in [-0.2, 0) is 6.61 Å². The van der Waals surface area contributed by atoms with Crippen LogP contribution >= 0.6 is 15.9 Å². The summed E-state index contributed by atoms with van der Waals surface area (Å²) in [5, 5.41) is 3.93. The third-order valence-electron chi connectivity index (χ3n) is 2.58. The van der Waals surface area contributed by atoms with Crippen molar-refractivity contribution in [1.82, 2.24) is 10.1 Å². The standard InChI is InChI=1S/C12H11BrN2O2/c13-9-2-1-3-10(6-9)16-7-11-14-12(15-17-11)8-4-5-8/h1-3,6,8H,4-5,7H2. The summed E-state index contributed by atoms with van der Waals surface area (Å²) < 4.78 is 11.7. The largest absolute Gasteiger partial charge is 0.484 e. The van der Waals surface area contributed by atoms with E-state index >= 15 is 0 Å². The van der Waals surface area contributed by atoms with Crippen LogP contribution in [0.1, 0.15) is 30.5 Å². The molecular weight excluding hydrogens is 284 g/mol. The van der Waals surface area contributed by atoms with E-state index in [1.807, 2.05) is 24.3 Å². The molecule has 0 unspecified atom stereocenters. The Morgan fingerprint density at radius 2 is 2.29 bits per heavy atom. The zero-order valence-electron chi connectivity index (χ0n) is 9.10. The van der Waals surface area contributed by atoms with Gasteiger partial charge in [0, 0.05) is 10.4 Å². The molecule has 1 aliphatic rings. The van der Waals surface area contributed by atoms with Gasteiger partial charge in [0.15, 0.2) is 12.4 Å². The van der Waals surface area contributed by atoms with Crippen molar-refractivity contribution >= 4 is 15.9 Å². The fraction of sp³-hybridized carbons (Fsp3) is 0.333. The van der Waals surface area contributed by atoms with E-state index in [1.165, 1.54) is 12.8 Å². The summed E-state index contributed by atoms with van der Waals surface area (Å²) in [6.45, 7) is 0.316. The van der Waals surface area contributed by atoms with Crippen molar-refractivity contribution in [3.63, 3.8) is 0 Å². The molecule has 0 bridgehead atoms. The lowest BCUT2D eigenvalue weighted by molar-refractivity contribution is 0.242. The summed E-state index contributed by atoms with van der Waals surface area (Å²) in [4.78, 5) is 4.30. The normalized spacial score (nSPS) is 14.9. The Labute approximate surface area is 107 Å². The van der Waals surface area contributed by atoms with Gasteiger partial charge in [-0.2, -0.15) is 4.98 Å². The molecule has 3 rings (SSSR count). The Balaban J connectivity index is 1.62. The van der Waals surface area contributed by atoms with Crippen molar-refractivity contribution in [3.05, 3.63) is 40.5 Å². The van der Waals surface area contributed by atoms with Gasteiger partial charge in [0.25, 0.3) is 5.89 Å². The smallest absolute Gasteiger partial charge is 0.264 e. The zero-order valence-corrected chi connectivity index (χ0v) is 10.7. The van der Waals surface area contributed by atoms with E-state index in [-0.39, 0.29) is 0 Å². The maximum absolute atomic E-state index is 5.56. The second-order valence-electron chi connectivity index (χ2n) is 4.07. The lowest BCUT2D eigenvalue weighted by atomic mass is 10.3. The molecule has 2 aromatic rings. The van der Waals surface area contributed by atoms with E-state index in [4.69, 9.17) is 9.26 Å². The van der Waals surface area contributed by atoms with Gasteiger partial charge in [-0.25, -0.2) is 0 Å². The molecule has 0 aliphatic heterocycles. The number of nitrogens with zero attached hydrogens (tertiary/aromatic N) is 2. The van der Waals surface area contributed by atoms with Crippen molar-refractivity contribution in [1.29, 1.82) is 0 Å². The summed E-state index contributed by atoms with van der Waals surface area (Å²) in [5.41, 5.74) is 0. The van der Waals surface area contributed by atoms with Crippen LogP contribution < -0.4 is 4.74 Å². The second-order valence-corrected chi connectivity index (χ2v) is 4.98.